The number of thioether (sulfide) groups is 1. The van der Waals surface area contributed by atoms with Gasteiger partial charge in [-0.15, -0.1) is 0 Å². The van der Waals surface area contributed by atoms with Crippen LogP contribution < -0.4 is 5.32 Å². The predicted octanol–water partition coefficient (Wildman–Crippen LogP) is 2.02. The fraction of sp³-hybridized carbons (Fsp3) is 1.00. The highest BCUT2D eigenvalue weighted by Crippen LogP contribution is 2.32. The van der Waals surface area contributed by atoms with E-state index in [1.54, 1.807) is 0 Å². The number of aliphatic hydroxyl groups excluding tert-OH is 1. The Morgan fingerprint density at radius 3 is 2.50 bits per heavy atom. The van der Waals surface area contributed by atoms with E-state index in [4.69, 9.17) is 0 Å². The van der Waals surface area contributed by atoms with Crippen molar-refractivity contribution in [2.45, 2.75) is 62.2 Å². The lowest BCUT2D eigenvalue weighted by Gasteiger charge is -2.33. The van der Waals surface area contributed by atoms with Gasteiger partial charge in [0.2, 0.25) is 0 Å². The van der Waals surface area contributed by atoms with Crippen LogP contribution in [0.4, 0.5) is 0 Å². The molecule has 0 radical (unpaired) electrons. The summed E-state index contributed by atoms with van der Waals surface area (Å²) < 4.78 is 0. The van der Waals surface area contributed by atoms with Gasteiger partial charge in [-0.1, -0.05) is 19.8 Å². The van der Waals surface area contributed by atoms with Crippen LogP contribution in [0.5, 0.6) is 0 Å². The molecule has 0 heterocycles. The maximum atomic E-state index is 9.47. The second-order valence-corrected chi connectivity index (χ2v) is 5.92. The number of aliphatic hydroxyl groups is 1. The highest BCUT2D eigenvalue weighted by molar-refractivity contribution is 8.00. The molecule has 0 aromatic heterocycles. The smallest absolute Gasteiger partial charge is 0.0628 e. The Bertz CT molecular complexity index is 163. The predicted molar refractivity (Wildman–Crippen MR) is 63.8 cm³/mol. The van der Waals surface area contributed by atoms with E-state index in [1.807, 2.05) is 18.7 Å². The van der Waals surface area contributed by atoms with Crippen molar-refractivity contribution in [3.8, 4) is 0 Å². The van der Waals surface area contributed by atoms with Gasteiger partial charge < -0.3 is 10.4 Å². The van der Waals surface area contributed by atoms with Gasteiger partial charge in [-0.25, -0.2) is 0 Å². The van der Waals surface area contributed by atoms with Gasteiger partial charge in [0.1, 0.15) is 0 Å². The zero-order valence-corrected chi connectivity index (χ0v) is 10.3. The Balaban J connectivity index is 2.40. The highest BCUT2D eigenvalue weighted by atomic mass is 32.2. The van der Waals surface area contributed by atoms with E-state index in [2.05, 4.69) is 19.3 Å². The third kappa shape index (κ3) is 3.44. The zero-order valence-electron chi connectivity index (χ0n) is 9.49. The largest absolute Gasteiger partial charge is 0.392 e. The molecule has 1 rings (SSSR count). The standard InChI is InChI=1S/C11H23NOS/c1-8(13)9(2)14-11-7-5-4-6-10(11)12-3/h8-13H,4-7H2,1-3H3. The molecule has 0 bridgehead atoms. The fourth-order valence-corrected chi connectivity index (χ4v) is 3.52. The molecule has 0 aliphatic heterocycles. The van der Waals surface area contributed by atoms with Crippen LogP contribution in [-0.4, -0.2) is 34.8 Å². The molecule has 4 atom stereocenters. The second-order valence-electron chi connectivity index (χ2n) is 4.30. The minimum absolute atomic E-state index is 0.195. The molecular formula is C11H23NOS. The van der Waals surface area contributed by atoms with Crippen molar-refractivity contribution in [3.63, 3.8) is 0 Å². The van der Waals surface area contributed by atoms with Crippen molar-refractivity contribution in [3.05, 3.63) is 0 Å². The van der Waals surface area contributed by atoms with Gasteiger partial charge in [0, 0.05) is 16.5 Å². The van der Waals surface area contributed by atoms with Gasteiger partial charge in [0.15, 0.2) is 0 Å². The average Bonchev–Trinajstić information content (AvgIpc) is 2.18. The highest BCUT2D eigenvalue weighted by Gasteiger charge is 2.26. The van der Waals surface area contributed by atoms with E-state index < -0.39 is 0 Å². The summed E-state index contributed by atoms with van der Waals surface area (Å²) >= 11 is 1.95. The second kappa shape index (κ2) is 5.99. The third-order valence-electron chi connectivity index (χ3n) is 3.14. The molecule has 0 spiro atoms. The maximum absolute atomic E-state index is 9.47. The molecule has 2 nitrogen and oxygen atoms in total. The average molecular weight is 217 g/mol. The first-order valence-corrected chi connectivity index (χ1v) is 6.60. The number of rotatable bonds is 4. The summed E-state index contributed by atoms with van der Waals surface area (Å²) in [6.07, 6.45) is 5.10. The van der Waals surface area contributed by atoms with Gasteiger partial charge >= 0.3 is 0 Å². The summed E-state index contributed by atoms with van der Waals surface area (Å²) in [6, 6.07) is 0.648. The molecule has 0 saturated heterocycles. The molecule has 1 saturated carbocycles. The Morgan fingerprint density at radius 1 is 1.29 bits per heavy atom. The van der Waals surface area contributed by atoms with E-state index in [0.717, 1.165) is 0 Å². The SMILES string of the molecule is CNC1CCCCC1SC(C)C(C)O. The normalized spacial score (nSPS) is 32.6. The van der Waals surface area contributed by atoms with Crippen LogP contribution in [-0.2, 0) is 0 Å². The van der Waals surface area contributed by atoms with Gasteiger partial charge in [0.25, 0.3) is 0 Å². The first-order valence-electron chi connectivity index (χ1n) is 5.66. The lowest BCUT2D eigenvalue weighted by atomic mass is 9.95. The van der Waals surface area contributed by atoms with Crippen LogP contribution in [0.25, 0.3) is 0 Å². The summed E-state index contributed by atoms with van der Waals surface area (Å²) in [5.41, 5.74) is 0. The van der Waals surface area contributed by atoms with Crippen LogP contribution in [0.2, 0.25) is 0 Å². The Kier molecular flexibility index (Phi) is 5.28. The fourth-order valence-electron chi connectivity index (χ4n) is 1.98. The number of hydrogen-bond donors (Lipinski definition) is 2. The molecule has 2 N–H and O–H groups in total. The zero-order chi connectivity index (χ0) is 10.6. The van der Waals surface area contributed by atoms with E-state index in [1.165, 1.54) is 25.7 Å². The summed E-state index contributed by atoms with van der Waals surface area (Å²) in [6.45, 7) is 4.01. The van der Waals surface area contributed by atoms with Crippen molar-refractivity contribution in [2.24, 2.45) is 0 Å². The minimum Gasteiger partial charge on any atom is -0.392 e. The van der Waals surface area contributed by atoms with Gasteiger partial charge in [-0.2, -0.15) is 11.8 Å². The first kappa shape index (κ1) is 12.3. The third-order valence-corrected chi connectivity index (χ3v) is 4.88. The van der Waals surface area contributed by atoms with Gasteiger partial charge in [0.05, 0.1) is 6.10 Å². The van der Waals surface area contributed by atoms with Crippen LogP contribution >= 0.6 is 11.8 Å². The Labute approximate surface area is 91.9 Å². The lowest BCUT2D eigenvalue weighted by molar-refractivity contribution is 0.196. The molecule has 84 valence electrons. The lowest BCUT2D eigenvalue weighted by Crippen LogP contribution is -2.39. The van der Waals surface area contributed by atoms with E-state index in [-0.39, 0.29) is 6.10 Å². The summed E-state index contributed by atoms with van der Waals surface area (Å²) in [5, 5.41) is 13.9. The molecule has 0 amide bonds. The summed E-state index contributed by atoms with van der Waals surface area (Å²) in [4.78, 5) is 0. The van der Waals surface area contributed by atoms with Crippen molar-refractivity contribution in [2.75, 3.05) is 7.05 Å². The molecular weight excluding hydrogens is 194 g/mol. The minimum atomic E-state index is -0.195. The van der Waals surface area contributed by atoms with E-state index in [0.29, 0.717) is 16.5 Å². The quantitative estimate of drug-likeness (QED) is 0.755. The maximum Gasteiger partial charge on any atom is 0.0628 e. The van der Waals surface area contributed by atoms with Crippen molar-refractivity contribution in [1.29, 1.82) is 0 Å². The van der Waals surface area contributed by atoms with Crippen LogP contribution in [0.1, 0.15) is 39.5 Å². The van der Waals surface area contributed by atoms with Crippen LogP contribution in [0.15, 0.2) is 0 Å². The molecule has 0 aromatic carbocycles. The number of hydrogen-bond acceptors (Lipinski definition) is 3. The summed E-state index contributed by atoms with van der Waals surface area (Å²) in [5.74, 6) is 0. The molecule has 4 unspecified atom stereocenters. The Morgan fingerprint density at radius 2 is 1.93 bits per heavy atom. The first-order chi connectivity index (χ1) is 6.65. The van der Waals surface area contributed by atoms with E-state index in [9.17, 15) is 5.11 Å². The molecule has 1 aliphatic rings. The van der Waals surface area contributed by atoms with Gasteiger partial charge in [-0.3, -0.25) is 0 Å². The number of nitrogens with one attached hydrogen (secondary N) is 1. The van der Waals surface area contributed by atoms with Crippen molar-refractivity contribution >= 4 is 11.8 Å². The molecule has 1 fully saturated rings. The molecule has 3 heteroatoms. The van der Waals surface area contributed by atoms with Crippen molar-refractivity contribution < 1.29 is 5.11 Å². The van der Waals surface area contributed by atoms with Gasteiger partial charge in [-0.05, 0) is 26.8 Å². The molecule has 14 heavy (non-hydrogen) atoms. The van der Waals surface area contributed by atoms with Crippen molar-refractivity contribution in [1.82, 2.24) is 5.32 Å². The van der Waals surface area contributed by atoms with E-state index >= 15 is 0 Å². The molecule has 1 aliphatic carbocycles. The Hall–Kier alpha value is 0.270. The monoisotopic (exact) mass is 217 g/mol. The topological polar surface area (TPSA) is 32.3 Å². The molecule has 0 aromatic rings. The summed E-state index contributed by atoms with van der Waals surface area (Å²) in [7, 11) is 2.05. The van der Waals surface area contributed by atoms with Crippen LogP contribution in [0, 0.1) is 0 Å². The van der Waals surface area contributed by atoms with Crippen LogP contribution in [0.3, 0.4) is 0 Å².